The molecule has 2 aromatic rings. The first kappa shape index (κ1) is 13.9. The van der Waals surface area contributed by atoms with Crippen molar-refractivity contribution in [1.82, 2.24) is 30.3 Å². The van der Waals surface area contributed by atoms with Crippen LogP contribution in [0.3, 0.4) is 0 Å². The lowest BCUT2D eigenvalue weighted by molar-refractivity contribution is 0.0931. The van der Waals surface area contributed by atoms with E-state index in [1.807, 2.05) is 20.9 Å². The van der Waals surface area contributed by atoms with Crippen LogP contribution in [-0.2, 0) is 7.05 Å². The van der Waals surface area contributed by atoms with Crippen LogP contribution in [0, 0.1) is 0 Å². The molecule has 0 fully saturated rings. The lowest BCUT2D eigenvalue weighted by Gasteiger charge is -2.12. The maximum atomic E-state index is 12.0. The molecule has 2 rings (SSSR count). The van der Waals surface area contributed by atoms with E-state index in [4.69, 9.17) is 0 Å². The highest BCUT2D eigenvalue weighted by Gasteiger charge is 2.16. The largest absolute Gasteiger partial charge is 0.369 e. The number of nitrogens with zero attached hydrogens (tertiary/aromatic N) is 5. The molecule has 1 atom stereocenters. The summed E-state index contributed by atoms with van der Waals surface area (Å²) in [5.74, 6) is 1.03. The Kier molecular flexibility index (Phi) is 4.24. The summed E-state index contributed by atoms with van der Waals surface area (Å²) < 4.78 is 1.75. The van der Waals surface area contributed by atoms with E-state index in [0.717, 1.165) is 6.54 Å². The summed E-state index contributed by atoms with van der Waals surface area (Å²) in [6.45, 7) is 4.55. The topological polar surface area (TPSA) is 97.6 Å². The predicted molar refractivity (Wildman–Crippen MR) is 73.1 cm³/mol. The smallest absolute Gasteiger partial charge is 0.272 e. The Labute approximate surface area is 116 Å². The molecule has 0 radical (unpaired) electrons. The van der Waals surface area contributed by atoms with E-state index in [1.165, 1.54) is 0 Å². The minimum atomic E-state index is -0.295. The normalized spacial score (nSPS) is 11.9. The lowest BCUT2D eigenvalue weighted by atomic mass is 10.3. The Hall–Kier alpha value is -2.51. The summed E-state index contributed by atoms with van der Waals surface area (Å²) in [6.07, 6.45) is 1.59. The van der Waals surface area contributed by atoms with Crippen molar-refractivity contribution in [3.8, 4) is 0 Å². The molecular weight excluding hydrogens is 258 g/mol. The third-order valence-electron chi connectivity index (χ3n) is 2.74. The van der Waals surface area contributed by atoms with Gasteiger partial charge in [-0.3, -0.25) is 4.79 Å². The zero-order valence-corrected chi connectivity index (χ0v) is 11.7. The highest BCUT2D eigenvalue weighted by atomic mass is 16.2. The average molecular weight is 275 g/mol. The number of aryl methyl sites for hydroxylation is 1. The number of aromatic nitrogens is 5. The Morgan fingerprint density at radius 2 is 2.15 bits per heavy atom. The van der Waals surface area contributed by atoms with Gasteiger partial charge < -0.3 is 15.2 Å². The lowest BCUT2D eigenvalue weighted by Crippen LogP contribution is -2.29. The van der Waals surface area contributed by atoms with Gasteiger partial charge >= 0.3 is 0 Å². The quantitative estimate of drug-likeness (QED) is 0.826. The van der Waals surface area contributed by atoms with Gasteiger partial charge in [-0.05, 0) is 26.0 Å². The molecule has 106 valence electrons. The van der Waals surface area contributed by atoms with Gasteiger partial charge in [0.05, 0.1) is 6.04 Å². The minimum Gasteiger partial charge on any atom is -0.369 e. The predicted octanol–water partition coefficient (Wildman–Crippen LogP) is 0.528. The van der Waals surface area contributed by atoms with Crippen LogP contribution in [0.2, 0.25) is 0 Å². The van der Waals surface area contributed by atoms with E-state index >= 15 is 0 Å². The van der Waals surface area contributed by atoms with Gasteiger partial charge in [-0.25, -0.2) is 0 Å². The Morgan fingerprint density at radius 1 is 1.35 bits per heavy atom. The van der Waals surface area contributed by atoms with Crippen LogP contribution in [0.1, 0.15) is 36.2 Å². The Bertz CT molecular complexity index is 578. The van der Waals surface area contributed by atoms with Crippen LogP contribution < -0.4 is 10.6 Å². The number of anilines is 1. The summed E-state index contributed by atoms with van der Waals surface area (Å²) in [5.41, 5.74) is 0.265. The van der Waals surface area contributed by atoms with Crippen LogP contribution in [0.4, 0.5) is 5.82 Å². The second kappa shape index (κ2) is 6.09. The van der Waals surface area contributed by atoms with Gasteiger partial charge in [0, 0.05) is 13.6 Å². The molecule has 2 N–H and O–H groups in total. The van der Waals surface area contributed by atoms with Gasteiger partial charge in [-0.2, -0.15) is 0 Å². The fourth-order valence-corrected chi connectivity index (χ4v) is 1.75. The van der Waals surface area contributed by atoms with Crippen molar-refractivity contribution in [2.75, 3.05) is 11.9 Å². The molecule has 0 spiro atoms. The second-order valence-corrected chi connectivity index (χ2v) is 4.33. The highest BCUT2D eigenvalue weighted by Crippen LogP contribution is 2.08. The van der Waals surface area contributed by atoms with E-state index in [-0.39, 0.29) is 17.6 Å². The van der Waals surface area contributed by atoms with Crippen LogP contribution in [0.25, 0.3) is 0 Å². The molecule has 0 aliphatic carbocycles. The molecule has 0 aliphatic rings. The molecule has 2 aromatic heterocycles. The molecule has 1 amide bonds. The second-order valence-electron chi connectivity index (χ2n) is 4.33. The number of carbonyl (C=O) groups is 1. The fraction of sp³-hybridized carbons (Fsp3) is 0.417. The molecule has 8 heteroatoms. The molecule has 2 heterocycles. The average Bonchev–Trinajstić information content (AvgIpc) is 2.86. The molecule has 0 saturated heterocycles. The first-order chi connectivity index (χ1) is 9.61. The van der Waals surface area contributed by atoms with Crippen LogP contribution >= 0.6 is 0 Å². The van der Waals surface area contributed by atoms with Gasteiger partial charge in [0.1, 0.15) is 12.1 Å². The molecule has 0 saturated carbocycles. The monoisotopic (exact) mass is 275 g/mol. The van der Waals surface area contributed by atoms with Crippen molar-refractivity contribution in [2.45, 2.75) is 19.9 Å². The number of hydrogen-bond donors (Lipinski definition) is 2. The maximum Gasteiger partial charge on any atom is 0.272 e. The Morgan fingerprint density at radius 3 is 2.70 bits per heavy atom. The summed E-state index contributed by atoms with van der Waals surface area (Å²) >= 11 is 0. The number of carbonyl (C=O) groups excluding carboxylic acids is 1. The third kappa shape index (κ3) is 3.08. The van der Waals surface area contributed by atoms with Gasteiger partial charge in [0.25, 0.3) is 5.91 Å². The first-order valence-corrected chi connectivity index (χ1v) is 6.34. The van der Waals surface area contributed by atoms with E-state index < -0.39 is 0 Å². The molecule has 8 nitrogen and oxygen atoms in total. The number of hydrogen-bond acceptors (Lipinski definition) is 6. The Balaban J connectivity index is 2.03. The van der Waals surface area contributed by atoms with Crippen molar-refractivity contribution in [2.24, 2.45) is 7.05 Å². The molecule has 20 heavy (non-hydrogen) atoms. The number of rotatable bonds is 5. The van der Waals surface area contributed by atoms with Gasteiger partial charge in [0.2, 0.25) is 0 Å². The summed E-state index contributed by atoms with van der Waals surface area (Å²) in [7, 11) is 1.82. The molecule has 0 bridgehead atoms. The summed E-state index contributed by atoms with van der Waals surface area (Å²) in [6, 6.07) is 3.09. The summed E-state index contributed by atoms with van der Waals surface area (Å²) in [5, 5.41) is 21.4. The highest BCUT2D eigenvalue weighted by molar-refractivity contribution is 5.92. The number of nitrogens with one attached hydrogen (secondary N) is 2. The zero-order valence-electron chi connectivity index (χ0n) is 11.7. The van der Waals surface area contributed by atoms with Gasteiger partial charge in [-0.1, -0.05) is 0 Å². The van der Waals surface area contributed by atoms with E-state index in [0.29, 0.717) is 11.6 Å². The standard InChI is InChI=1S/C12H17N7O/c1-4-13-10-6-5-9(16-17-10)12(20)15-8(2)11-18-14-7-19(11)3/h5-8H,4H2,1-3H3,(H,13,17)(H,15,20). The minimum absolute atomic E-state index is 0.259. The number of amides is 1. The summed E-state index contributed by atoms with van der Waals surface area (Å²) in [4.78, 5) is 12.0. The molecule has 1 unspecified atom stereocenters. The van der Waals surface area contributed by atoms with Crippen molar-refractivity contribution < 1.29 is 4.79 Å². The maximum absolute atomic E-state index is 12.0. The SMILES string of the molecule is CCNc1ccc(C(=O)NC(C)c2nncn2C)nn1. The van der Waals surface area contributed by atoms with E-state index in [1.54, 1.807) is 23.0 Å². The van der Waals surface area contributed by atoms with E-state index in [2.05, 4.69) is 31.0 Å². The van der Waals surface area contributed by atoms with Crippen LogP contribution in [0.15, 0.2) is 18.5 Å². The van der Waals surface area contributed by atoms with Crippen LogP contribution in [-0.4, -0.2) is 37.4 Å². The molecular formula is C12H17N7O. The molecule has 0 aliphatic heterocycles. The van der Waals surface area contributed by atoms with Gasteiger partial charge in [0.15, 0.2) is 11.5 Å². The molecule has 0 aromatic carbocycles. The van der Waals surface area contributed by atoms with Crippen molar-refractivity contribution in [3.63, 3.8) is 0 Å². The van der Waals surface area contributed by atoms with Crippen LogP contribution in [0.5, 0.6) is 0 Å². The third-order valence-corrected chi connectivity index (χ3v) is 2.74. The fourth-order valence-electron chi connectivity index (χ4n) is 1.75. The van der Waals surface area contributed by atoms with Crippen molar-refractivity contribution in [1.29, 1.82) is 0 Å². The first-order valence-electron chi connectivity index (χ1n) is 6.34. The van der Waals surface area contributed by atoms with Crippen molar-refractivity contribution >= 4 is 11.7 Å². The van der Waals surface area contributed by atoms with E-state index in [9.17, 15) is 4.79 Å². The zero-order chi connectivity index (χ0) is 14.5. The van der Waals surface area contributed by atoms with Gasteiger partial charge in [-0.15, -0.1) is 20.4 Å². The van der Waals surface area contributed by atoms with Crippen molar-refractivity contribution in [3.05, 3.63) is 30.0 Å².